The molecule has 8 nitrogen and oxygen atoms in total. The van der Waals surface area contributed by atoms with Crippen LogP contribution in [0, 0.1) is 5.41 Å². The van der Waals surface area contributed by atoms with Crippen molar-refractivity contribution in [1.29, 1.82) is 0 Å². The molecule has 1 N–H and O–H groups in total. The van der Waals surface area contributed by atoms with Gasteiger partial charge in [0.2, 0.25) is 16.0 Å². The molecule has 2 aliphatic heterocycles. The highest BCUT2D eigenvalue weighted by atomic mass is 32.2. The SMILES string of the molecule is CS(=O)(=O)N1CCC2(CCN(c3ncccn3)C2)CC1.O=C(O)C(F)(F)F. The Balaban J connectivity index is 0.000000321. The minimum atomic E-state index is -5.08. The van der Waals surface area contributed by atoms with E-state index in [-0.39, 0.29) is 5.41 Å². The zero-order valence-electron chi connectivity index (χ0n) is 14.7. The van der Waals surface area contributed by atoms with Gasteiger partial charge >= 0.3 is 12.1 Å². The fourth-order valence-electron chi connectivity index (χ4n) is 3.26. The van der Waals surface area contributed by atoms with Gasteiger partial charge in [-0.1, -0.05) is 0 Å². The summed E-state index contributed by atoms with van der Waals surface area (Å²) < 4.78 is 56.5. The van der Waals surface area contributed by atoms with Gasteiger partial charge in [-0.05, 0) is 30.7 Å². The second kappa shape index (κ2) is 7.97. The summed E-state index contributed by atoms with van der Waals surface area (Å²) in [5.74, 6) is -1.97. The summed E-state index contributed by atoms with van der Waals surface area (Å²) in [5, 5.41) is 7.12. The van der Waals surface area contributed by atoms with Crippen LogP contribution in [-0.4, -0.2) is 72.4 Å². The van der Waals surface area contributed by atoms with Gasteiger partial charge in [0.1, 0.15) is 0 Å². The van der Waals surface area contributed by atoms with E-state index < -0.39 is 22.2 Å². The van der Waals surface area contributed by atoms with Gasteiger partial charge in [-0.25, -0.2) is 27.5 Å². The Labute approximate surface area is 155 Å². The number of hydrogen-bond donors (Lipinski definition) is 1. The number of hydrogen-bond acceptors (Lipinski definition) is 6. The molecule has 0 atom stereocenters. The number of nitrogens with zero attached hydrogens (tertiary/aromatic N) is 4. The smallest absolute Gasteiger partial charge is 0.475 e. The van der Waals surface area contributed by atoms with Crippen LogP contribution in [0.1, 0.15) is 19.3 Å². The second-order valence-electron chi connectivity index (χ2n) is 6.69. The van der Waals surface area contributed by atoms with E-state index in [0.29, 0.717) is 13.1 Å². The number of rotatable bonds is 2. The lowest BCUT2D eigenvalue weighted by atomic mass is 9.78. The van der Waals surface area contributed by atoms with E-state index >= 15 is 0 Å². The van der Waals surface area contributed by atoms with Gasteiger partial charge in [-0.2, -0.15) is 13.2 Å². The quantitative estimate of drug-likeness (QED) is 0.785. The minimum Gasteiger partial charge on any atom is -0.475 e. The average Bonchev–Trinajstić information content (AvgIpc) is 2.99. The summed E-state index contributed by atoms with van der Waals surface area (Å²) in [5.41, 5.74) is 0.236. The first-order valence-electron chi connectivity index (χ1n) is 8.20. The molecule has 12 heteroatoms. The summed E-state index contributed by atoms with van der Waals surface area (Å²) in [6.45, 7) is 3.18. The number of aliphatic carboxylic acids is 1. The Bertz CT molecular complexity index is 750. The van der Waals surface area contributed by atoms with E-state index in [1.54, 1.807) is 16.7 Å². The Morgan fingerprint density at radius 3 is 2.07 bits per heavy atom. The van der Waals surface area contributed by atoms with Crippen molar-refractivity contribution in [3.8, 4) is 0 Å². The summed E-state index contributed by atoms with van der Waals surface area (Å²) >= 11 is 0. The van der Waals surface area contributed by atoms with Gasteiger partial charge in [0, 0.05) is 38.6 Å². The summed E-state index contributed by atoms with van der Waals surface area (Å²) in [6.07, 6.45) is 2.71. The third kappa shape index (κ3) is 5.76. The zero-order valence-corrected chi connectivity index (χ0v) is 15.5. The van der Waals surface area contributed by atoms with Crippen molar-refractivity contribution in [3.05, 3.63) is 18.5 Å². The molecule has 0 aliphatic carbocycles. The van der Waals surface area contributed by atoms with Gasteiger partial charge in [-0.3, -0.25) is 0 Å². The van der Waals surface area contributed by atoms with Gasteiger partial charge in [0.25, 0.3) is 0 Å². The molecule has 0 aromatic carbocycles. The fraction of sp³-hybridized carbons (Fsp3) is 0.667. The van der Waals surface area contributed by atoms with Crippen molar-refractivity contribution >= 4 is 21.9 Å². The highest BCUT2D eigenvalue weighted by molar-refractivity contribution is 7.88. The topological polar surface area (TPSA) is 104 Å². The molecule has 0 saturated carbocycles. The molecule has 1 aromatic rings. The van der Waals surface area contributed by atoms with Crippen LogP contribution < -0.4 is 4.90 Å². The van der Waals surface area contributed by atoms with Crippen LogP contribution in [0.5, 0.6) is 0 Å². The van der Waals surface area contributed by atoms with Crippen LogP contribution >= 0.6 is 0 Å². The lowest BCUT2D eigenvalue weighted by molar-refractivity contribution is -0.192. The molecule has 0 bridgehead atoms. The first-order valence-corrected chi connectivity index (χ1v) is 10.1. The van der Waals surface area contributed by atoms with E-state index in [2.05, 4.69) is 14.9 Å². The average molecular weight is 410 g/mol. The number of carbonyl (C=O) groups is 1. The van der Waals surface area contributed by atoms with Gasteiger partial charge < -0.3 is 10.0 Å². The Morgan fingerprint density at radius 1 is 1.15 bits per heavy atom. The minimum absolute atomic E-state index is 0.236. The first kappa shape index (κ1) is 21.4. The summed E-state index contributed by atoms with van der Waals surface area (Å²) in [6, 6.07) is 1.82. The maximum absolute atomic E-state index is 11.6. The highest BCUT2D eigenvalue weighted by Gasteiger charge is 2.42. The first-order chi connectivity index (χ1) is 12.4. The van der Waals surface area contributed by atoms with E-state index in [1.807, 2.05) is 6.07 Å². The predicted octanol–water partition coefficient (Wildman–Crippen LogP) is 1.36. The molecule has 0 radical (unpaired) electrons. The third-order valence-corrected chi connectivity index (χ3v) is 6.07. The number of carboxylic acids is 1. The Hall–Kier alpha value is -1.95. The molecule has 3 heterocycles. The Morgan fingerprint density at radius 2 is 1.63 bits per heavy atom. The second-order valence-corrected chi connectivity index (χ2v) is 8.67. The van der Waals surface area contributed by atoms with Gasteiger partial charge in [0.15, 0.2) is 0 Å². The fourth-order valence-corrected chi connectivity index (χ4v) is 4.11. The standard InChI is InChI=1S/C13H20N4O2S.C2HF3O2/c1-20(18,19)17-9-4-13(5-10-17)3-8-16(11-13)12-14-6-2-7-15-12;3-2(4,5)1(6)7/h2,6-7H,3-5,8-11H2,1H3;(H,6,7). The molecule has 1 aromatic heterocycles. The van der Waals surface area contributed by atoms with E-state index in [1.165, 1.54) is 6.26 Å². The number of piperidine rings is 1. The number of aromatic nitrogens is 2. The molecule has 3 rings (SSSR count). The van der Waals surface area contributed by atoms with Gasteiger partial charge in [0.05, 0.1) is 6.26 Å². The van der Waals surface area contributed by atoms with Crippen molar-refractivity contribution in [2.75, 3.05) is 37.3 Å². The molecular formula is C15H21F3N4O4S. The molecule has 2 aliphatic rings. The van der Waals surface area contributed by atoms with Crippen LogP contribution in [0.4, 0.5) is 19.1 Å². The number of alkyl halides is 3. The Kier molecular flexibility index (Phi) is 6.30. The van der Waals surface area contributed by atoms with E-state index in [4.69, 9.17) is 9.90 Å². The largest absolute Gasteiger partial charge is 0.490 e. The predicted molar refractivity (Wildman–Crippen MR) is 90.6 cm³/mol. The molecule has 2 fully saturated rings. The highest BCUT2D eigenvalue weighted by Crippen LogP contribution is 2.41. The summed E-state index contributed by atoms with van der Waals surface area (Å²) in [4.78, 5) is 19.7. The number of anilines is 1. The van der Waals surface area contributed by atoms with Crippen LogP contribution in [-0.2, 0) is 14.8 Å². The van der Waals surface area contributed by atoms with Crippen LogP contribution in [0.25, 0.3) is 0 Å². The maximum Gasteiger partial charge on any atom is 0.490 e. The lowest BCUT2D eigenvalue weighted by Crippen LogP contribution is -2.43. The van der Waals surface area contributed by atoms with Gasteiger partial charge in [-0.15, -0.1) is 0 Å². The van der Waals surface area contributed by atoms with Crippen LogP contribution in [0.2, 0.25) is 0 Å². The normalized spacial score (nSPS) is 20.2. The lowest BCUT2D eigenvalue weighted by Gasteiger charge is -2.38. The number of halogens is 3. The van der Waals surface area contributed by atoms with E-state index in [9.17, 15) is 21.6 Å². The van der Waals surface area contributed by atoms with Crippen molar-refractivity contribution in [2.24, 2.45) is 5.41 Å². The molecule has 152 valence electrons. The third-order valence-electron chi connectivity index (χ3n) is 4.77. The molecule has 0 unspecified atom stereocenters. The number of carboxylic acid groups (broad SMARTS) is 1. The van der Waals surface area contributed by atoms with Crippen LogP contribution in [0.15, 0.2) is 18.5 Å². The molecule has 27 heavy (non-hydrogen) atoms. The van der Waals surface area contributed by atoms with E-state index in [0.717, 1.165) is 38.3 Å². The maximum atomic E-state index is 11.6. The molecule has 0 amide bonds. The van der Waals surface area contributed by atoms with Crippen LogP contribution in [0.3, 0.4) is 0 Å². The molecular weight excluding hydrogens is 389 g/mol. The number of sulfonamides is 1. The van der Waals surface area contributed by atoms with Crippen molar-refractivity contribution < 1.29 is 31.5 Å². The van der Waals surface area contributed by atoms with Crippen molar-refractivity contribution in [2.45, 2.75) is 25.4 Å². The van der Waals surface area contributed by atoms with Crippen molar-refractivity contribution in [1.82, 2.24) is 14.3 Å². The molecule has 1 spiro atoms. The zero-order chi connectivity index (χ0) is 20.3. The molecule has 2 saturated heterocycles. The monoisotopic (exact) mass is 410 g/mol. The van der Waals surface area contributed by atoms with Crippen molar-refractivity contribution in [3.63, 3.8) is 0 Å². The summed E-state index contributed by atoms with van der Waals surface area (Å²) in [7, 11) is -3.04.